The molecule has 74 valence electrons. The van der Waals surface area contributed by atoms with Crippen molar-refractivity contribution in [1.82, 2.24) is 0 Å². The molecule has 0 aliphatic carbocycles. The second-order valence-corrected chi connectivity index (χ2v) is 4.41. The highest BCUT2D eigenvalue weighted by molar-refractivity contribution is 7.51. The van der Waals surface area contributed by atoms with Gasteiger partial charge in [0.05, 0.1) is 0 Å². The number of unbranched alkanes of at least 4 members (excludes halogenated alkanes) is 2. The van der Waals surface area contributed by atoms with Crippen molar-refractivity contribution < 1.29 is 23.1 Å². The van der Waals surface area contributed by atoms with E-state index in [4.69, 9.17) is 9.79 Å². The number of alkyl halides is 2. The van der Waals surface area contributed by atoms with Crippen LogP contribution < -0.4 is 0 Å². The van der Waals surface area contributed by atoms with Gasteiger partial charge in [0.1, 0.15) is 0 Å². The van der Waals surface area contributed by atoms with Gasteiger partial charge in [0, 0.05) is 12.6 Å². The van der Waals surface area contributed by atoms with E-state index >= 15 is 0 Å². The molecule has 3 nitrogen and oxygen atoms in total. The largest absolute Gasteiger partial charge is 0.325 e. The van der Waals surface area contributed by atoms with Gasteiger partial charge in [-0.25, -0.2) is 8.78 Å². The molecule has 2 N–H and O–H groups in total. The van der Waals surface area contributed by atoms with E-state index in [-0.39, 0.29) is 12.6 Å². The molecule has 0 fully saturated rings. The molecule has 0 spiro atoms. The van der Waals surface area contributed by atoms with Crippen LogP contribution >= 0.6 is 7.60 Å². The minimum atomic E-state index is -3.92. The molecule has 0 aliphatic heterocycles. The standard InChI is InChI=1S/C6H13F2O3P/c7-6(8)4-2-1-3-5-12(9,10)11/h6H,1-5H2,(H2,9,10,11). The Kier molecular flexibility index (Phi) is 5.63. The molecule has 0 heterocycles. The Morgan fingerprint density at radius 1 is 1.17 bits per heavy atom. The average molecular weight is 202 g/mol. The van der Waals surface area contributed by atoms with Crippen molar-refractivity contribution in [2.75, 3.05) is 6.16 Å². The van der Waals surface area contributed by atoms with E-state index in [0.717, 1.165) is 0 Å². The van der Waals surface area contributed by atoms with Gasteiger partial charge in [-0.15, -0.1) is 0 Å². The molecule has 0 radical (unpaired) electrons. The van der Waals surface area contributed by atoms with Gasteiger partial charge < -0.3 is 9.79 Å². The molecular weight excluding hydrogens is 189 g/mol. The van der Waals surface area contributed by atoms with E-state index in [2.05, 4.69) is 0 Å². The summed E-state index contributed by atoms with van der Waals surface area (Å²) in [4.78, 5) is 16.8. The van der Waals surface area contributed by atoms with E-state index in [1.807, 2.05) is 0 Å². The molecule has 0 atom stereocenters. The molecule has 0 saturated heterocycles. The molecule has 0 saturated carbocycles. The third kappa shape index (κ3) is 10.0. The number of rotatable bonds is 6. The molecule has 6 heteroatoms. The highest BCUT2D eigenvalue weighted by atomic mass is 31.2. The van der Waals surface area contributed by atoms with Gasteiger partial charge in [-0.3, -0.25) is 4.57 Å². The Hall–Kier alpha value is 0.01000. The van der Waals surface area contributed by atoms with Gasteiger partial charge in [0.25, 0.3) is 0 Å². The van der Waals surface area contributed by atoms with Crippen molar-refractivity contribution in [1.29, 1.82) is 0 Å². The fourth-order valence-corrected chi connectivity index (χ4v) is 1.43. The quantitative estimate of drug-likeness (QED) is 0.511. The number of halogens is 2. The molecule has 12 heavy (non-hydrogen) atoms. The zero-order valence-corrected chi connectivity index (χ0v) is 7.51. The van der Waals surface area contributed by atoms with E-state index in [1.165, 1.54) is 0 Å². The first-order valence-electron chi connectivity index (χ1n) is 3.74. The number of hydrogen-bond donors (Lipinski definition) is 2. The summed E-state index contributed by atoms with van der Waals surface area (Å²) in [5.74, 6) is 0. The van der Waals surface area contributed by atoms with Gasteiger partial charge in [0.15, 0.2) is 0 Å². The number of hydrogen-bond acceptors (Lipinski definition) is 1. The molecule has 0 aromatic rings. The fourth-order valence-electron chi connectivity index (χ4n) is 0.793. The fraction of sp³-hybridized carbons (Fsp3) is 1.00. The summed E-state index contributed by atoms with van der Waals surface area (Å²) in [6.07, 6.45) is -1.58. The summed E-state index contributed by atoms with van der Waals surface area (Å²) in [7, 11) is -3.92. The van der Waals surface area contributed by atoms with Crippen molar-refractivity contribution in [3.63, 3.8) is 0 Å². The second kappa shape index (κ2) is 5.62. The Labute approximate surface area is 69.9 Å². The van der Waals surface area contributed by atoms with Crippen LogP contribution in [0.3, 0.4) is 0 Å². The lowest BCUT2D eigenvalue weighted by molar-refractivity contribution is 0.134. The summed E-state index contributed by atoms with van der Waals surface area (Å²) in [6.45, 7) is 0. The first-order valence-corrected chi connectivity index (χ1v) is 5.54. The van der Waals surface area contributed by atoms with Crippen LogP contribution in [0.1, 0.15) is 25.7 Å². The lowest BCUT2D eigenvalue weighted by Gasteiger charge is -2.02. The van der Waals surface area contributed by atoms with Crippen LogP contribution in [0.15, 0.2) is 0 Å². The highest BCUT2D eigenvalue weighted by Crippen LogP contribution is 2.35. The zero-order chi connectivity index (χ0) is 9.61. The van der Waals surface area contributed by atoms with Crippen molar-refractivity contribution in [3.05, 3.63) is 0 Å². The smallest absolute Gasteiger partial charge is 0.324 e. The summed E-state index contributed by atoms with van der Waals surface area (Å²) < 4.78 is 33.4. The minimum Gasteiger partial charge on any atom is -0.324 e. The second-order valence-electron chi connectivity index (χ2n) is 2.63. The lowest BCUT2D eigenvalue weighted by Crippen LogP contribution is -1.92. The maximum atomic E-state index is 11.5. The van der Waals surface area contributed by atoms with Gasteiger partial charge in [-0.1, -0.05) is 6.42 Å². The Morgan fingerprint density at radius 2 is 1.75 bits per heavy atom. The van der Waals surface area contributed by atoms with E-state index in [9.17, 15) is 13.3 Å². The van der Waals surface area contributed by atoms with Gasteiger partial charge >= 0.3 is 7.60 Å². The van der Waals surface area contributed by atoms with Crippen molar-refractivity contribution >= 4 is 7.60 Å². The van der Waals surface area contributed by atoms with E-state index in [0.29, 0.717) is 19.3 Å². The average Bonchev–Trinajstić information content (AvgIpc) is 1.83. The Balaban J connectivity index is 3.17. The SMILES string of the molecule is O=P(O)(O)CCCCCC(F)F. The summed E-state index contributed by atoms with van der Waals surface area (Å²) in [5.41, 5.74) is 0. The summed E-state index contributed by atoms with van der Waals surface area (Å²) >= 11 is 0. The summed E-state index contributed by atoms with van der Waals surface area (Å²) in [5, 5.41) is 0. The monoisotopic (exact) mass is 202 g/mol. The van der Waals surface area contributed by atoms with E-state index < -0.39 is 14.0 Å². The van der Waals surface area contributed by atoms with Crippen LogP contribution in [0, 0.1) is 0 Å². The topological polar surface area (TPSA) is 57.5 Å². The third-order valence-electron chi connectivity index (χ3n) is 1.37. The molecule has 0 amide bonds. The maximum Gasteiger partial charge on any atom is 0.325 e. The third-order valence-corrected chi connectivity index (χ3v) is 2.27. The van der Waals surface area contributed by atoms with Gasteiger partial charge in [0.2, 0.25) is 6.43 Å². The lowest BCUT2D eigenvalue weighted by atomic mass is 10.2. The maximum absolute atomic E-state index is 11.5. The van der Waals surface area contributed by atoms with Crippen LogP contribution in [-0.2, 0) is 4.57 Å². The van der Waals surface area contributed by atoms with Gasteiger partial charge in [-0.2, -0.15) is 0 Å². The van der Waals surface area contributed by atoms with Crippen LogP contribution in [0.4, 0.5) is 8.78 Å². The normalized spacial score (nSPS) is 12.4. The first-order chi connectivity index (χ1) is 5.42. The van der Waals surface area contributed by atoms with Crippen LogP contribution in [0.25, 0.3) is 0 Å². The Bertz CT molecular complexity index is 157. The van der Waals surface area contributed by atoms with Crippen LogP contribution in [-0.4, -0.2) is 22.4 Å². The highest BCUT2D eigenvalue weighted by Gasteiger charge is 2.11. The van der Waals surface area contributed by atoms with Crippen LogP contribution in [0.5, 0.6) is 0 Å². The van der Waals surface area contributed by atoms with Crippen molar-refractivity contribution in [3.8, 4) is 0 Å². The Morgan fingerprint density at radius 3 is 2.17 bits per heavy atom. The summed E-state index contributed by atoms with van der Waals surface area (Å²) in [6, 6.07) is 0. The van der Waals surface area contributed by atoms with Crippen molar-refractivity contribution in [2.45, 2.75) is 32.1 Å². The minimum absolute atomic E-state index is 0.179. The molecule has 0 aliphatic rings. The molecule has 0 bridgehead atoms. The molecule has 0 aromatic carbocycles. The molecular formula is C6H13F2O3P. The first kappa shape index (κ1) is 12.0. The zero-order valence-electron chi connectivity index (χ0n) is 6.62. The molecule has 0 unspecified atom stereocenters. The predicted molar refractivity (Wildman–Crippen MR) is 41.4 cm³/mol. The van der Waals surface area contributed by atoms with E-state index in [1.54, 1.807) is 0 Å². The predicted octanol–water partition coefficient (Wildman–Crippen LogP) is 1.99. The molecule has 0 aromatic heterocycles. The van der Waals surface area contributed by atoms with Crippen LogP contribution in [0.2, 0.25) is 0 Å². The molecule has 0 rings (SSSR count). The van der Waals surface area contributed by atoms with Gasteiger partial charge in [-0.05, 0) is 12.8 Å². The van der Waals surface area contributed by atoms with Crippen molar-refractivity contribution in [2.24, 2.45) is 0 Å².